The molecule has 0 amide bonds. The lowest BCUT2D eigenvalue weighted by Crippen LogP contribution is -2.17. The van der Waals surface area contributed by atoms with Crippen LogP contribution in [0, 0.1) is 0 Å². The third-order valence-electron chi connectivity index (χ3n) is 1.04. The van der Waals surface area contributed by atoms with Crippen LogP contribution in [-0.2, 0) is 0 Å². The minimum absolute atomic E-state index is 0.143. The molecule has 0 aliphatic rings. The Balaban J connectivity index is 2.94. The van der Waals surface area contributed by atoms with E-state index in [0.717, 1.165) is 12.3 Å². The zero-order chi connectivity index (χ0) is 10.1. The SMILES string of the molecule is Oc1cnc(Br)cc1OC(F)(F)F. The standard InChI is InChI=1S/C6H3BrF3NO2/c7-5-1-4(3(12)2-11-5)13-6(8,9)10/h1-2,12H. The molecule has 1 N–H and O–H groups in total. The number of halogens is 4. The van der Waals surface area contributed by atoms with E-state index < -0.39 is 17.9 Å². The predicted octanol–water partition coefficient (Wildman–Crippen LogP) is 2.45. The highest BCUT2D eigenvalue weighted by molar-refractivity contribution is 9.10. The summed E-state index contributed by atoms with van der Waals surface area (Å²) < 4.78 is 38.7. The maximum Gasteiger partial charge on any atom is 0.573 e. The van der Waals surface area contributed by atoms with Crippen molar-refractivity contribution < 1.29 is 23.0 Å². The molecule has 0 unspecified atom stereocenters. The Morgan fingerprint density at radius 3 is 2.62 bits per heavy atom. The van der Waals surface area contributed by atoms with E-state index in [2.05, 4.69) is 25.7 Å². The van der Waals surface area contributed by atoms with Crippen LogP contribution in [0.25, 0.3) is 0 Å². The third-order valence-corrected chi connectivity index (χ3v) is 1.47. The van der Waals surface area contributed by atoms with Crippen molar-refractivity contribution >= 4 is 15.9 Å². The van der Waals surface area contributed by atoms with Crippen LogP contribution in [0.1, 0.15) is 0 Å². The van der Waals surface area contributed by atoms with Crippen LogP contribution in [0.15, 0.2) is 16.9 Å². The van der Waals surface area contributed by atoms with Crippen molar-refractivity contribution in [1.29, 1.82) is 0 Å². The second-order valence-corrected chi connectivity index (χ2v) is 2.84. The van der Waals surface area contributed by atoms with Gasteiger partial charge in [-0.25, -0.2) is 4.98 Å². The molecule has 13 heavy (non-hydrogen) atoms. The molecule has 0 aliphatic heterocycles. The van der Waals surface area contributed by atoms with E-state index in [-0.39, 0.29) is 4.60 Å². The molecule has 1 aromatic heterocycles. The smallest absolute Gasteiger partial charge is 0.503 e. The molecule has 0 bridgehead atoms. The van der Waals surface area contributed by atoms with Crippen LogP contribution in [0.3, 0.4) is 0 Å². The molecule has 7 heteroatoms. The summed E-state index contributed by atoms with van der Waals surface area (Å²) in [5, 5.41) is 8.89. The van der Waals surface area contributed by atoms with Gasteiger partial charge in [-0.1, -0.05) is 0 Å². The number of aromatic hydroxyl groups is 1. The highest BCUT2D eigenvalue weighted by atomic mass is 79.9. The largest absolute Gasteiger partial charge is 0.573 e. The van der Waals surface area contributed by atoms with Gasteiger partial charge < -0.3 is 9.84 Å². The van der Waals surface area contributed by atoms with E-state index in [1.54, 1.807) is 0 Å². The number of hydrogen-bond donors (Lipinski definition) is 1. The van der Waals surface area contributed by atoms with E-state index in [1.165, 1.54) is 0 Å². The monoisotopic (exact) mass is 257 g/mol. The average molecular weight is 258 g/mol. The van der Waals surface area contributed by atoms with Crippen molar-refractivity contribution in [3.63, 3.8) is 0 Å². The van der Waals surface area contributed by atoms with E-state index in [1.807, 2.05) is 0 Å². The van der Waals surface area contributed by atoms with Gasteiger partial charge in [-0.05, 0) is 15.9 Å². The Morgan fingerprint density at radius 1 is 1.46 bits per heavy atom. The van der Waals surface area contributed by atoms with Gasteiger partial charge in [0.25, 0.3) is 0 Å². The van der Waals surface area contributed by atoms with Gasteiger partial charge in [-0.3, -0.25) is 0 Å². The second-order valence-electron chi connectivity index (χ2n) is 2.02. The zero-order valence-corrected chi connectivity index (χ0v) is 7.56. The van der Waals surface area contributed by atoms with Gasteiger partial charge in [-0.2, -0.15) is 0 Å². The Bertz CT molecular complexity index is 315. The van der Waals surface area contributed by atoms with Crippen molar-refractivity contribution in [2.24, 2.45) is 0 Å². The number of hydrogen-bond acceptors (Lipinski definition) is 3. The highest BCUT2D eigenvalue weighted by Crippen LogP contribution is 2.31. The Morgan fingerprint density at radius 2 is 2.08 bits per heavy atom. The van der Waals surface area contributed by atoms with Gasteiger partial charge in [0, 0.05) is 6.07 Å². The number of pyridine rings is 1. The van der Waals surface area contributed by atoms with Crippen LogP contribution in [0.2, 0.25) is 0 Å². The molecule has 0 fully saturated rings. The van der Waals surface area contributed by atoms with Crippen molar-refractivity contribution in [1.82, 2.24) is 4.98 Å². The van der Waals surface area contributed by atoms with E-state index in [4.69, 9.17) is 5.11 Å². The Kier molecular flexibility index (Phi) is 2.65. The quantitative estimate of drug-likeness (QED) is 0.786. The summed E-state index contributed by atoms with van der Waals surface area (Å²) in [4.78, 5) is 3.49. The summed E-state index contributed by atoms with van der Waals surface area (Å²) >= 11 is 2.83. The number of ether oxygens (including phenoxy) is 1. The van der Waals surface area contributed by atoms with Crippen LogP contribution in [0.4, 0.5) is 13.2 Å². The molecule has 1 rings (SSSR count). The molecule has 0 atom stereocenters. The summed E-state index contributed by atoms with van der Waals surface area (Å²) in [7, 11) is 0. The predicted molar refractivity (Wildman–Crippen MR) is 40.3 cm³/mol. The number of alkyl halides is 3. The molecule has 1 aromatic rings. The summed E-state index contributed by atoms with van der Waals surface area (Å²) in [6, 6.07) is 0.919. The van der Waals surface area contributed by atoms with E-state index in [0.29, 0.717) is 0 Å². The number of nitrogens with zero attached hydrogens (tertiary/aromatic N) is 1. The summed E-state index contributed by atoms with van der Waals surface area (Å²) in [5.74, 6) is -1.35. The van der Waals surface area contributed by atoms with Crippen molar-refractivity contribution in [3.05, 3.63) is 16.9 Å². The molecule has 3 nitrogen and oxygen atoms in total. The maximum absolute atomic E-state index is 11.7. The molecule has 72 valence electrons. The number of rotatable bonds is 1. The molecule has 0 saturated carbocycles. The fraction of sp³-hybridized carbons (Fsp3) is 0.167. The molecule has 0 aromatic carbocycles. The van der Waals surface area contributed by atoms with Crippen LogP contribution < -0.4 is 4.74 Å². The Labute approximate surface area is 79.3 Å². The molecule has 0 spiro atoms. The van der Waals surface area contributed by atoms with E-state index >= 15 is 0 Å². The van der Waals surface area contributed by atoms with Gasteiger partial charge >= 0.3 is 6.36 Å². The maximum atomic E-state index is 11.7. The molecule has 0 aliphatic carbocycles. The summed E-state index contributed by atoms with van der Waals surface area (Å²) in [5.41, 5.74) is 0. The first-order valence-corrected chi connectivity index (χ1v) is 3.78. The molecule has 0 radical (unpaired) electrons. The number of aromatic nitrogens is 1. The first-order chi connectivity index (χ1) is 5.88. The minimum Gasteiger partial charge on any atom is -0.503 e. The lowest BCUT2D eigenvalue weighted by molar-refractivity contribution is -0.275. The normalized spacial score (nSPS) is 11.4. The van der Waals surface area contributed by atoms with Crippen molar-refractivity contribution in [2.45, 2.75) is 6.36 Å². The molecule has 0 saturated heterocycles. The van der Waals surface area contributed by atoms with Gasteiger partial charge in [0.1, 0.15) is 4.60 Å². The average Bonchev–Trinajstić information content (AvgIpc) is 1.94. The van der Waals surface area contributed by atoms with Crippen molar-refractivity contribution in [2.75, 3.05) is 0 Å². The van der Waals surface area contributed by atoms with Gasteiger partial charge in [0.15, 0.2) is 11.5 Å². The van der Waals surface area contributed by atoms with Gasteiger partial charge in [0.2, 0.25) is 0 Å². The topological polar surface area (TPSA) is 42.4 Å². The van der Waals surface area contributed by atoms with Gasteiger partial charge in [-0.15, -0.1) is 13.2 Å². The van der Waals surface area contributed by atoms with Crippen LogP contribution in [0.5, 0.6) is 11.5 Å². The molecule has 1 heterocycles. The third kappa shape index (κ3) is 3.10. The first-order valence-electron chi connectivity index (χ1n) is 2.99. The van der Waals surface area contributed by atoms with Gasteiger partial charge in [0.05, 0.1) is 6.20 Å². The van der Waals surface area contributed by atoms with E-state index in [9.17, 15) is 13.2 Å². The highest BCUT2D eigenvalue weighted by Gasteiger charge is 2.32. The second kappa shape index (κ2) is 3.41. The summed E-state index contributed by atoms with van der Waals surface area (Å²) in [6.45, 7) is 0. The summed E-state index contributed by atoms with van der Waals surface area (Å²) in [6.07, 6.45) is -3.97. The van der Waals surface area contributed by atoms with Crippen LogP contribution in [-0.4, -0.2) is 16.5 Å². The zero-order valence-electron chi connectivity index (χ0n) is 5.97. The fourth-order valence-corrected chi connectivity index (χ4v) is 0.923. The van der Waals surface area contributed by atoms with Crippen LogP contribution >= 0.6 is 15.9 Å². The lowest BCUT2D eigenvalue weighted by Gasteiger charge is -2.09. The molecular formula is C6H3BrF3NO2. The van der Waals surface area contributed by atoms with Crippen molar-refractivity contribution in [3.8, 4) is 11.5 Å². The molecular weight excluding hydrogens is 255 g/mol. The first kappa shape index (κ1) is 10.1. The minimum atomic E-state index is -4.82. The Hall–Kier alpha value is -0.980. The fourth-order valence-electron chi connectivity index (χ4n) is 0.612. The lowest BCUT2D eigenvalue weighted by atomic mass is 10.4.